The number of hydrogen-bond acceptors (Lipinski definition) is 3. The van der Waals surface area contributed by atoms with Crippen LogP contribution in [0.3, 0.4) is 0 Å². The summed E-state index contributed by atoms with van der Waals surface area (Å²) in [5.41, 5.74) is -0.804. The predicted octanol–water partition coefficient (Wildman–Crippen LogP) is 7.27. The Labute approximate surface area is 213 Å². The molecule has 0 saturated heterocycles. The monoisotopic (exact) mass is 484 g/mol. The average Bonchev–Trinajstić information content (AvgIpc) is 2.47. The van der Waals surface area contributed by atoms with Crippen molar-refractivity contribution in [1.29, 1.82) is 0 Å². The third-order valence-electron chi connectivity index (χ3n) is 4.65. The fourth-order valence-electron chi connectivity index (χ4n) is 2.08. The van der Waals surface area contributed by atoms with Crippen LogP contribution in [-0.4, -0.2) is 40.6 Å². The Morgan fingerprint density at radius 2 is 0.941 bits per heavy atom. The maximum absolute atomic E-state index is 11.7. The molecule has 0 heterocycles. The third-order valence-corrected chi connectivity index (χ3v) is 4.65. The number of ketones is 1. The zero-order chi connectivity index (χ0) is 28.7. The van der Waals surface area contributed by atoms with Gasteiger partial charge in [0.1, 0.15) is 5.78 Å². The van der Waals surface area contributed by atoms with E-state index < -0.39 is 0 Å². The van der Waals surface area contributed by atoms with Gasteiger partial charge in [0.2, 0.25) is 11.8 Å². The first-order valence-corrected chi connectivity index (χ1v) is 12.5. The summed E-state index contributed by atoms with van der Waals surface area (Å²) in [6.07, 6.45) is 0.677. The van der Waals surface area contributed by atoms with Gasteiger partial charge in [-0.2, -0.15) is 0 Å². The molecule has 0 aromatic rings. The van der Waals surface area contributed by atoms with Gasteiger partial charge in [-0.3, -0.25) is 14.4 Å². The number of Topliss-reactive ketones (excluding diaryl/α,β-unsaturated/α-hetero) is 1. The van der Waals surface area contributed by atoms with E-state index in [0.29, 0.717) is 12.2 Å². The highest BCUT2D eigenvalue weighted by molar-refractivity contribution is 5.84. The molecule has 204 valence electrons. The molecule has 0 rings (SSSR count). The molecule has 0 aromatic heterocycles. The van der Waals surface area contributed by atoms with E-state index in [1.54, 1.807) is 4.90 Å². The topological polar surface area (TPSA) is 66.5 Å². The summed E-state index contributed by atoms with van der Waals surface area (Å²) in [5, 5.41) is 2.92. The molecule has 5 heteroatoms. The average molecular weight is 485 g/mol. The summed E-state index contributed by atoms with van der Waals surface area (Å²) < 4.78 is 0. The largest absolute Gasteiger partial charge is 0.351 e. The van der Waals surface area contributed by atoms with Crippen LogP contribution in [0.2, 0.25) is 0 Å². The van der Waals surface area contributed by atoms with Crippen LogP contribution in [0.25, 0.3) is 0 Å². The molecule has 0 saturated carbocycles. The van der Waals surface area contributed by atoms with E-state index in [0.717, 1.165) is 0 Å². The van der Waals surface area contributed by atoms with Gasteiger partial charge in [-0.25, -0.2) is 0 Å². The Hall–Kier alpha value is -1.39. The number of nitrogens with zero attached hydrogens (tertiary/aromatic N) is 1. The highest BCUT2D eigenvalue weighted by Gasteiger charge is 2.31. The van der Waals surface area contributed by atoms with Crippen LogP contribution in [0.15, 0.2) is 0 Å². The van der Waals surface area contributed by atoms with Crippen LogP contribution >= 0.6 is 0 Å². The number of amides is 2. The van der Waals surface area contributed by atoms with Crippen LogP contribution < -0.4 is 5.32 Å². The normalized spacial score (nSPS) is 13.0. The molecule has 1 N–H and O–H groups in total. The minimum Gasteiger partial charge on any atom is -0.351 e. The maximum Gasteiger partial charge on any atom is 0.228 e. The van der Waals surface area contributed by atoms with Crippen LogP contribution in [0, 0.1) is 21.7 Å². The lowest BCUT2D eigenvalue weighted by molar-refractivity contribution is -0.142. The number of rotatable bonds is 1. The van der Waals surface area contributed by atoms with Crippen molar-refractivity contribution in [2.75, 3.05) is 7.05 Å². The smallest absolute Gasteiger partial charge is 0.228 e. The molecule has 0 atom stereocenters. The highest BCUT2D eigenvalue weighted by Crippen LogP contribution is 2.26. The van der Waals surface area contributed by atoms with Crippen LogP contribution in [0.5, 0.6) is 0 Å². The van der Waals surface area contributed by atoms with Crippen molar-refractivity contribution in [3.63, 3.8) is 0 Å². The molecular weight excluding hydrogens is 424 g/mol. The predicted molar refractivity (Wildman–Crippen MR) is 148 cm³/mol. The summed E-state index contributed by atoms with van der Waals surface area (Å²) in [6.45, 7) is 35.8. The zero-order valence-corrected chi connectivity index (χ0v) is 26.4. The minimum atomic E-state index is -0.284. The second-order valence-corrected chi connectivity index (χ2v) is 15.6. The van der Waals surface area contributed by atoms with E-state index in [1.165, 1.54) is 0 Å². The van der Waals surface area contributed by atoms with E-state index in [4.69, 9.17) is 0 Å². The summed E-state index contributed by atoms with van der Waals surface area (Å²) in [6, 6.07) is 0. The summed E-state index contributed by atoms with van der Waals surface area (Å²) in [7, 11) is 1.85. The lowest BCUT2D eigenvalue weighted by atomic mass is 9.80. The van der Waals surface area contributed by atoms with Crippen molar-refractivity contribution >= 4 is 17.6 Å². The van der Waals surface area contributed by atoms with Gasteiger partial charge in [-0.05, 0) is 47.0 Å². The van der Waals surface area contributed by atoms with Crippen molar-refractivity contribution in [2.45, 2.75) is 142 Å². The van der Waals surface area contributed by atoms with Gasteiger partial charge in [-0.15, -0.1) is 0 Å². The molecule has 5 nitrogen and oxygen atoms in total. The SMILES string of the molecule is CC(C)(C)CC(=O)C(C)(C)C.CC(C)(C)NC(=O)C(C)(C)C.CN(C(=O)C(C)(C)C)C(C)(C)C. The number of carbonyl (C=O) groups is 3. The van der Waals surface area contributed by atoms with Gasteiger partial charge in [0, 0.05) is 40.8 Å². The van der Waals surface area contributed by atoms with Gasteiger partial charge < -0.3 is 10.2 Å². The molecule has 0 aliphatic carbocycles. The van der Waals surface area contributed by atoms with Gasteiger partial charge >= 0.3 is 0 Å². The first kappa shape index (κ1) is 37.2. The van der Waals surface area contributed by atoms with Gasteiger partial charge in [0.05, 0.1) is 0 Å². The summed E-state index contributed by atoms with van der Waals surface area (Å²) in [4.78, 5) is 36.4. The van der Waals surface area contributed by atoms with Crippen molar-refractivity contribution < 1.29 is 14.4 Å². The molecular formula is C29H60N2O3. The van der Waals surface area contributed by atoms with Gasteiger partial charge in [0.25, 0.3) is 0 Å². The highest BCUT2D eigenvalue weighted by atomic mass is 16.2. The quantitative estimate of drug-likeness (QED) is 0.425. The Bertz CT molecular complexity index is 612. The molecule has 0 aliphatic rings. The van der Waals surface area contributed by atoms with E-state index in [1.807, 2.05) is 111 Å². The second kappa shape index (κ2) is 12.5. The van der Waals surface area contributed by atoms with Crippen LogP contribution in [0.1, 0.15) is 131 Å². The fourth-order valence-corrected chi connectivity index (χ4v) is 2.08. The maximum atomic E-state index is 11.7. The molecule has 0 fully saturated rings. The van der Waals surface area contributed by atoms with Crippen LogP contribution in [0.4, 0.5) is 0 Å². The zero-order valence-electron chi connectivity index (χ0n) is 26.4. The molecule has 2 amide bonds. The first-order chi connectivity index (χ1) is 14.3. The summed E-state index contributed by atoms with van der Waals surface area (Å²) >= 11 is 0. The van der Waals surface area contributed by atoms with Gasteiger partial charge in [-0.1, -0.05) is 83.1 Å². The minimum absolute atomic E-state index is 0.0790. The standard InChI is InChI=1S/C10H21NO.C10H20O.C9H19NO/c1-9(2,3)8(12)11(7)10(4,5)6;1-9(2,3)7-8(11)10(4,5)6;1-8(2,3)7(11)10-9(4,5)6/h1-7H3;7H2,1-6H3;1-6H3,(H,10,11). The van der Waals surface area contributed by atoms with Crippen molar-refractivity contribution in [1.82, 2.24) is 10.2 Å². The molecule has 0 bridgehead atoms. The Kier molecular flexibility index (Phi) is 13.7. The summed E-state index contributed by atoms with van der Waals surface area (Å²) in [5.74, 6) is 0.644. The second-order valence-electron chi connectivity index (χ2n) is 15.6. The van der Waals surface area contributed by atoms with Gasteiger partial charge in [0.15, 0.2) is 0 Å². The van der Waals surface area contributed by atoms with Crippen LogP contribution in [-0.2, 0) is 14.4 Å². The van der Waals surface area contributed by atoms with Crippen molar-refractivity contribution in [2.24, 2.45) is 21.7 Å². The third kappa shape index (κ3) is 20.0. The first-order valence-electron chi connectivity index (χ1n) is 12.5. The number of hydrogen-bond donors (Lipinski definition) is 1. The lowest BCUT2D eigenvalue weighted by Gasteiger charge is -2.36. The van der Waals surface area contributed by atoms with E-state index in [9.17, 15) is 14.4 Å². The number of nitrogens with one attached hydrogen (secondary N) is 1. The van der Waals surface area contributed by atoms with E-state index >= 15 is 0 Å². The number of carbonyl (C=O) groups excluding carboxylic acids is 3. The van der Waals surface area contributed by atoms with E-state index in [2.05, 4.69) is 26.1 Å². The molecule has 0 spiro atoms. The Balaban J connectivity index is -0.000000425. The lowest BCUT2D eigenvalue weighted by Crippen LogP contribution is -2.47. The molecule has 34 heavy (non-hydrogen) atoms. The molecule has 0 aromatic carbocycles. The Morgan fingerprint density at radius 1 is 0.588 bits per heavy atom. The fraction of sp³-hybridized carbons (Fsp3) is 0.897. The molecule has 0 aliphatic heterocycles. The van der Waals surface area contributed by atoms with Crippen molar-refractivity contribution in [3.05, 3.63) is 0 Å². The molecule has 0 radical (unpaired) electrons. The molecule has 0 unspecified atom stereocenters. The van der Waals surface area contributed by atoms with Crippen molar-refractivity contribution in [3.8, 4) is 0 Å². The Morgan fingerprint density at radius 3 is 1.03 bits per heavy atom. The van der Waals surface area contributed by atoms with E-state index in [-0.39, 0.29) is 44.6 Å².